The highest BCUT2D eigenvalue weighted by Gasteiger charge is 2.28. The number of aryl methyl sites for hydroxylation is 1. The maximum Gasteiger partial charge on any atom is 0.530 e. The van der Waals surface area contributed by atoms with Gasteiger partial charge in [0.1, 0.15) is 5.02 Å². The van der Waals surface area contributed by atoms with Crippen LogP contribution in [0.3, 0.4) is 0 Å². The Morgan fingerprint density at radius 2 is 2.00 bits per heavy atom. The molecule has 6 nitrogen and oxygen atoms in total. The third-order valence-electron chi connectivity index (χ3n) is 1.41. The minimum atomic E-state index is -3.62. The zero-order valence-corrected chi connectivity index (χ0v) is 9.46. The van der Waals surface area contributed by atoms with Crippen LogP contribution in [0.4, 0.5) is 0 Å². The van der Waals surface area contributed by atoms with Gasteiger partial charge < -0.3 is 9.05 Å². The normalized spacial score (nSPS) is 11.7. The van der Waals surface area contributed by atoms with Crippen LogP contribution in [0.25, 0.3) is 0 Å². The van der Waals surface area contributed by atoms with Crippen LogP contribution >= 0.6 is 19.4 Å². The largest absolute Gasteiger partial charge is 0.530 e. The molecule has 0 aliphatic heterocycles. The topological polar surface area (TPSA) is 70.8 Å². The third kappa shape index (κ3) is 2.27. The van der Waals surface area contributed by atoms with E-state index in [2.05, 4.69) is 14.2 Å². The van der Waals surface area contributed by atoms with Gasteiger partial charge >= 0.3 is 7.82 Å². The SMILES string of the molecule is COP(=O)(OC)Oc1noc(C)c1Cl. The first kappa shape index (κ1) is 11.5. The molecule has 0 aliphatic carbocycles. The fourth-order valence-electron chi connectivity index (χ4n) is 0.652. The van der Waals surface area contributed by atoms with E-state index >= 15 is 0 Å². The number of halogens is 1. The highest BCUT2D eigenvalue weighted by Crippen LogP contribution is 2.49. The van der Waals surface area contributed by atoms with Crippen LogP contribution in [0.15, 0.2) is 4.52 Å². The second kappa shape index (κ2) is 4.31. The Hall–Kier alpha value is -0.550. The van der Waals surface area contributed by atoms with Gasteiger partial charge in [-0.25, -0.2) is 4.57 Å². The van der Waals surface area contributed by atoms with E-state index in [1.165, 1.54) is 14.2 Å². The zero-order valence-electron chi connectivity index (χ0n) is 7.81. The molecule has 0 amide bonds. The van der Waals surface area contributed by atoms with Crippen molar-refractivity contribution in [2.45, 2.75) is 6.92 Å². The molecule has 0 aliphatic rings. The molecule has 0 bridgehead atoms. The minimum absolute atomic E-state index is 0.115. The van der Waals surface area contributed by atoms with E-state index in [4.69, 9.17) is 20.6 Å². The van der Waals surface area contributed by atoms with E-state index in [1.54, 1.807) is 6.92 Å². The van der Waals surface area contributed by atoms with Crippen molar-refractivity contribution in [2.24, 2.45) is 0 Å². The molecule has 0 saturated heterocycles. The lowest BCUT2D eigenvalue weighted by Gasteiger charge is -2.11. The molecule has 0 unspecified atom stereocenters. The molecular weight excluding hydrogens is 232 g/mol. The van der Waals surface area contributed by atoms with Gasteiger partial charge in [0.2, 0.25) is 0 Å². The number of rotatable bonds is 4. The van der Waals surface area contributed by atoms with E-state index in [0.717, 1.165) is 0 Å². The average Bonchev–Trinajstić information content (AvgIpc) is 2.49. The summed E-state index contributed by atoms with van der Waals surface area (Å²) in [4.78, 5) is 0. The highest BCUT2D eigenvalue weighted by molar-refractivity contribution is 7.48. The lowest BCUT2D eigenvalue weighted by atomic mass is 10.5. The maximum absolute atomic E-state index is 11.5. The number of nitrogens with zero attached hydrogens (tertiary/aromatic N) is 1. The first-order chi connectivity index (χ1) is 6.52. The van der Waals surface area contributed by atoms with Gasteiger partial charge in [0.15, 0.2) is 5.76 Å². The van der Waals surface area contributed by atoms with Crippen LogP contribution in [-0.4, -0.2) is 19.4 Å². The first-order valence-corrected chi connectivity index (χ1v) is 5.39. The average molecular weight is 242 g/mol. The molecule has 1 aromatic rings. The molecule has 0 atom stereocenters. The molecule has 14 heavy (non-hydrogen) atoms. The lowest BCUT2D eigenvalue weighted by Crippen LogP contribution is -1.97. The van der Waals surface area contributed by atoms with Crippen molar-refractivity contribution in [3.05, 3.63) is 10.8 Å². The van der Waals surface area contributed by atoms with E-state index in [9.17, 15) is 4.57 Å². The van der Waals surface area contributed by atoms with Crippen LogP contribution < -0.4 is 4.52 Å². The van der Waals surface area contributed by atoms with E-state index in [-0.39, 0.29) is 10.9 Å². The number of phosphoric ester groups is 1. The molecule has 80 valence electrons. The van der Waals surface area contributed by atoms with Gasteiger partial charge in [-0.05, 0) is 12.1 Å². The Labute approximate surface area is 85.7 Å². The molecule has 1 aromatic heterocycles. The third-order valence-corrected chi connectivity index (χ3v) is 3.13. The molecule has 0 radical (unpaired) electrons. The first-order valence-electron chi connectivity index (χ1n) is 3.55. The van der Waals surface area contributed by atoms with Gasteiger partial charge in [0.25, 0.3) is 5.88 Å². The number of hydrogen-bond acceptors (Lipinski definition) is 6. The Bertz CT molecular complexity index is 357. The highest BCUT2D eigenvalue weighted by atomic mass is 35.5. The summed E-state index contributed by atoms with van der Waals surface area (Å²) in [5.74, 6) is 0.247. The van der Waals surface area contributed by atoms with Gasteiger partial charge in [0.05, 0.1) is 0 Å². The Morgan fingerprint density at radius 1 is 1.43 bits per heavy atom. The summed E-state index contributed by atoms with van der Waals surface area (Å²) in [7, 11) is -1.25. The maximum atomic E-state index is 11.5. The summed E-state index contributed by atoms with van der Waals surface area (Å²) in [6.45, 7) is 1.59. The smallest absolute Gasteiger partial charge is 0.381 e. The van der Waals surface area contributed by atoms with Gasteiger partial charge in [-0.1, -0.05) is 11.6 Å². The van der Waals surface area contributed by atoms with Crippen LogP contribution in [0.5, 0.6) is 5.88 Å². The number of aromatic nitrogens is 1. The van der Waals surface area contributed by atoms with Crippen molar-refractivity contribution < 1.29 is 22.7 Å². The molecule has 0 spiro atoms. The van der Waals surface area contributed by atoms with Crippen molar-refractivity contribution >= 4 is 19.4 Å². The monoisotopic (exact) mass is 241 g/mol. The fraction of sp³-hybridized carbons (Fsp3) is 0.500. The molecular formula is C6H9ClNO5P. The standard InChI is InChI=1S/C6H9ClNO5P/c1-4-5(7)6(8-12-4)13-14(9,10-2)11-3/h1-3H3. The molecule has 8 heteroatoms. The lowest BCUT2D eigenvalue weighted by molar-refractivity contribution is 0.205. The summed E-state index contributed by atoms with van der Waals surface area (Å²) < 4.78 is 30.0. The molecule has 0 saturated carbocycles. The van der Waals surface area contributed by atoms with Gasteiger partial charge in [-0.2, -0.15) is 0 Å². The van der Waals surface area contributed by atoms with Crippen LogP contribution in [0.2, 0.25) is 5.02 Å². The van der Waals surface area contributed by atoms with Crippen LogP contribution in [0, 0.1) is 6.92 Å². The predicted molar refractivity (Wildman–Crippen MR) is 48.5 cm³/mol. The second-order valence-corrected chi connectivity index (χ2v) is 4.45. The number of phosphoric acid groups is 1. The van der Waals surface area contributed by atoms with Crippen molar-refractivity contribution in [1.82, 2.24) is 5.16 Å². The summed E-state index contributed by atoms with van der Waals surface area (Å²) in [5, 5.41) is 3.57. The summed E-state index contributed by atoms with van der Waals surface area (Å²) >= 11 is 5.72. The fourth-order valence-corrected chi connectivity index (χ4v) is 1.45. The molecule has 0 fully saturated rings. The zero-order chi connectivity index (χ0) is 10.8. The summed E-state index contributed by atoms with van der Waals surface area (Å²) in [6.07, 6.45) is 0. The molecule has 0 N–H and O–H groups in total. The van der Waals surface area contributed by atoms with Crippen molar-refractivity contribution in [2.75, 3.05) is 14.2 Å². The van der Waals surface area contributed by atoms with E-state index in [1.807, 2.05) is 0 Å². The molecule has 1 heterocycles. The molecule has 0 aromatic carbocycles. The van der Waals surface area contributed by atoms with E-state index < -0.39 is 7.82 Å². The number of hydrogen-bond donors (Lipinski definition) is 0. The van der Waals surface area contributed by atoms with Gasteiger partial charge in [0, 0.05) is 14.2 Å². The summed E-state index contributed by atoms with van der Waals surface area (Å²) in [5.41, 5.74) is 0. The van der Waals surface area contributed by atoms with Crippen molar-refractivity contribution in [3.63, 3.8) is 0 Å². The molecule has 1 rings (SSSR count). The van der Waals surface area contributed by atoms with Gasteiger partial charge in [-0.3, -0.25) is 9.05 Å². The second-order valence-electron chi connectivity index (χ2n) is 2.26. The van der Waals surface area contributed by atoms with Crippen LogP contribution in [-0.2, 0) is 13.6 Å². The Balaban J connectivity index is 2.88. The van der Waals surface area contributed by atoms with Crippen LogP contribution in [0.1, 0.15) is 5.76 Å². The predicted octanol–water partition coefficient (Wildman–Crippen LogP) is 2.42. The quantitative estimate of drug-likeness (QED) is 0.754. The van der Waals surface area contributed by atoms with Crippen molar-refractivity contribution in [1.29, 1.82) is 0 Å². The Morgan fingerprint density at radius 3 is 2.36 bits per heavy atom. The Kier molecular flexibility index (Phi) is 3.55. The minimum Gasteiger partial charge on any atom is -0.381 e. The van der Waals surface area contributed by atoms with Crippen molar-refractivity contribution in [3.8, 4) is 5.88 Å². The summed E-state index contributed by atoms with van der Waals surface area (Å²) in [6, 6.07) is 0. The van der Waals surface area contributed by atoms with E-state index in [0.29, 0.717) is 5.76 Å². The van der Waals surface area contributed by atoms with Gasteiger partial charge in [-0.15, -0.1) is 0 Å².